The fourth-order valence-corrected chi connectivity index (χ4v) is 2.34. The molecule has 0 aromatic rings. The van der Waals surface area contributed by atoms with Crippen LogP contribution in [0.2, 0.25) is 0 Å². The Balaban J connectivity index is 1.70. The van der Waals surface area contributed by atoms with Crippen LogP contribution in [0, 0.1) is 0 Å². The van der Waals surface area contributed by atoms with Crippen molar-refractivity contribution in [2.24, 2.45) is 0 Å². The number of hydrogen-bond donors (Lipinski definition) is 2. The number of likely N-dealkylation sites (N-methyl/N-ethyl adjacent to an activating group) is 1. The lowest BCUT2D eigenvalue weighted by Gasteiger charge is -2.21. The van der Waals surface area contributed by atoms with E-state index in [1.165, 1.54) is 12.8 Å². The first-order valence-corrected chi connectivity index (χ1v) is 5.97. The number of carbonyl (C=O) groups excluding carboxylic acids is 1. The molecule has 92 valence electrons. The molecule has 1 saturated heterocycles. The molecule has 0 bridgehead atoms. The summed E-state index contributed by atoms with van der Waals surface area (Å²) in [6, 6.07) is 0. The van der Waals surface area contributed by atoms with Gasteiger partial charge in [0.25, 0.3) is 0 Å². The first-order valence-electron chi connectivity index (χ1n) is 5.97. The first kappa shape index (κ1) is 11.8. The Bertz CT molecular complexity index is 252. The van der Waals surface area contributed by atoms with Crippen molar-refractivity contribution in [1.82, 2.24) is 10.6 Å². The molecule has 1 unspecified atom stereocenters. The maximum atomic E-state index is 11.2. The van der Waals surface area contributed by atoms with Crippen LogP contribution in [0.4, 0.5) is 0 Å². The van der Waals surface area contributed by atoms with Crippen molar-refractivity contribution in [3.63, 3.8) is 0 Å². The molecule has 1 heterocycles. The van der Waals surface area contributed by atoms with Gasteiger partial charge in [-0.2, -0.15) is 0 Å². The first-order chi connectivity index (χ1) is 7.74. The van der Waals surface area contributed by atoms with Crippen molar-refractivity contribution in [1.29, 1.82) is 0 Å². The molecule has 1 saturated carbocycles. The van der Waals surface area contributed by atoms with E-state index in [9.17, 15) is 4.79 Å². The second-order valence-corrected chi connectivity index (χ2v) is 4.50. The van der Waals surface area contributed by atoms with E-state index in [2.05, 4.69) is 10.6 Å². The summed E-state index contributed by atoms with van der Waals surface area (Å²) in [6.45, 7) is 1.49. The second-order valence-electron chi connectivity index (χ2n) is 4.50. The molecule has 1 amide bonds. The Morgan fingerprint density at radius 1 is 1.44 bits per heavy atom. The third kappa shape index (κ3) is 2.72. The summed E-state index contributed by atoms with van der Waals surface area (Å²) in [5.74, 6) is -0.322. The Kier molecular flexibility index (Phi) is 3.78. The maximum Gasteiger partial charge on any atom is 0.234 e. The molecule has 1 atom stereocenters. The number of rotatable bonds is 4. The van der Waals surface area contributed by atoms with Gasteiger partial charge in [-0.25, -0.2) is 0 Å². The lowest BCUT2D eigenvalue weighted by atomic mass is 10.2. The molecule has 0 aromatic carbocycles. The Morgan fingerprint density at radius 3 is 2.88 bits per heavy atom. The zero-order chi connectivity index (χ0) is 11.4. The van der Waals surface area contributed by atoms with E-state index in [1.807, 2.05) is 0 Å². The van der Waals surface area contributed by atoms with Crippen molar-refractivity contribution in [2.75, 3.05) is 26.7 Å². The van der Waals surface area contributed by atoms with Gasteiger partial charge in [0.05, 0.1) is 13.2 Å². The summed E-state index contributed by atoms with van der Waals surface area (Å²) in [5, 5.41) is 5.63. The van der Waals surface area contributed by atoms with Gasteiger partial charge in [-0.1, -0.05) is 0 Å². The largest absolute Gasteiger partial charge is 0.352 e. The van der Waals surface area contributed by atoms with Crippen molar-refractivity contribution >= 4 is 5.91 Å². The van der Waals surface area contributed by atoms with Crippen LogP contribution in [0.5, 0.6) is 0 Å². The van der Waals surface area contributed by atoms with Gasteiger partial charge < -0.3 is 20.1 Å². The van der Waals surface area contributed by atoms with E-state index in [-0.39, 0.29) is 17.8 Å². The highest BCUT2D eigenvalue weighted by molar-refractivity contribution is 5.77. The third-order valence-corrected chi connectivity index (χ3v) is 3.14. The molecule has 1 aliphatic carbocycles. The van der Waals surface area contributed by atoms with Gasteiger partial charge in [-0.15, -0.1) is 0 Å². The smallest absolute Gasteiger partial charge is 0.234 e. The average molecular weight is 228 g/mol. The van der Waals surface area contributed by atoms with E-state index in [4.69, 9.17) is 9.47 Å². The second kappa shape index (κ2) is 5.12. The van der Waals surface area contributed by atoms with Gasteiger partial charge in [-0.05, 0) is 19.9 Å². The zero-order valence-corrected chi connectivity index (χ0v) is 9.75. The SMILES string of the molecule is CNCC(=O)NCC1COC2(CCCC2)O1. The Morgan fingerprint density at radius 2 is 2.19 bits per heavy atom. The molecule has 5 nitrogen and oxygen atoms in total. The molecule has 5 heteroatoms. The monoisotopic (exact) mass is 228 g/mol. The normalized spacial score (nSPS) is 27.4. The molecule has 1 aliphatic heterocycles. The molecule has 2 rings (SSSR count). The highest BCUT2D eigenvalue weighted by Crippen LogP contribution is 2.38. The van der Waals surface area contributed by atoms with Crippen molar-refractivity contribution in [3.8, 4) is 0 Å². The van der Waals surface area contributed by atoms with Gasteiger partial charge in [0, 0.05) is 19.4 Å². The van der Waals surface area contributed by atoms with Gasteiger partial charge in [-0.3, -0.25) is 4.79 Å². The predicted molar refractivity (Wildman–Crippen MR) is 59.0 cm³/mol. The van der Waals surface area contributed by atoms with Crippen molar-refractivity contribution < 1.29 is 14.3 Å². The summed E-state index contributed by atoms with van der Waals surface area (Å²) >= 11 is 0. The molecule has 1 spiro atoms. The lowest BCUT2D eigenvalue weighted by Crippen LogP contribution is -2.38. The molecular formula is C11H20N2O3. The van der Waals surface area contributed by atoms with Crippen molar-refractivity contribution in [2.45, 2.75) is 37.6 Å². The standard InChI is InChI=1S/C11H20N2O3/c1-12-7-10(14)13-6-9-8-15-11(16-9)4-2-3-5-11/h9,12H,2-8H2,1H3,(H,13,14). The minimum atomic E-state index is -0.321. The highest BCUT2D eigenvalue weighted by atomic mass is 16.7. The topological polar surface area (TPSA) is 59.6 Å². The Hall–Kier alpha value is -0.650. The highest BCUT2D eigenvalue weighted by Gasteiger charge is 2.43. The van der Waals surface area contributed by atoms with Crippen LogP contribution < -0.4 is 10.6 Å². The molecule has 2 aliphatic rings. The molecular weight excluding hydrogens is 208 g/mol. The minimum Gasteiger partial charge on any atom is -0.352 e. The molecule has 16 heavy (non-hydrogen) atoms. The number of ether oxygens (including phenoxy) is 2. The quantitative estimate of drug-likeness (QED) is 0.711. The predicted octanol–water partition coefficient (Wildman–Crippen LogP) is 0.00770. The zero-order valence-electron chi connectivity index (χ0n) is 9.75. The summed E-state index contributed by atoms with van der Waals surface area (Å²) in [7, 11) is 1.75. The van der Waals surface area contributed by atoms with Crippen LogP contribution >= 0.6 is 0 Å². The number of carbonyl (C=O) groups is 1. The van der Waals surface area contributed by atoms with E-state index in [1.54, 1.807) is 7.05 Å². The summed E-state index contributed by atoms with van der Waals surface area (Å²) in [6.07, 6.45) is 4.36. The fourth-order valence-electron chi connectivity index (χ4n) is 2.34. The number of hydrogen-bond acceptors (Lipinski definition) is 4. The maximum absolute atomic E-state index is 11.2. The van der Waals surface area contributed by atoms with E-state index >= 15 is 0 Å². The summed E-state index contributed by atoms with van der Waals surface area (Å²) in [4.78, 5) is 11.2. The Labute approximate surface area is 95.9 Å². The summed E-state index contributed by atoms with van der Waals surface area (Å²) < 4.78 is 11.6. The minimum absolute atomic E-state index is 0.00141. The molecule has 0 radical (unpaired) electrons. The van der Waals surface area contributed by atoms with Gasteiger partial charge in [0.15, 0.2) is 5.79 Å². The third-order valence-electron chi connectivity index (χ3n) is 3.14. The molecule has 2 N–H and O–H groups in total. The van der Waals surface area contributed by atoms with Crippen LogP contribution in [0.1, 0.15) is 25.7 Å². The van der Waals surface area contributed by atoms with Crippen LogP contribution in [-0.2, 0) is 14.3 Å². The molecule has 0 aromatic heterocycles. The van der Waals surface area contributed by atoms with E-state index < -0.39 is 0 Å². The van der Waals surface area contributed by atoms with E-state index in [0.717, 1.165) is 12.8 Å². The van der Waals surface area contributed by atoms with Gasteiger partial charge in [0.2, 0.25) is 5.91 Å². The van der Waals surface area contributed by atoms with Crippen LogP contribution in [0.25, 0.3) is 0 Å². The fraction of sp³-hybridized carbons (Fsp3) is 0.909. The lowest BCUT2D eigenvalue weighted by molar-refractivity contribution is -0.161. The average Bonchev–Trinajstić information content (AvgIpc) is 2.88. The van der Waals surface area contributed by atoms with Crippen LogP contribution in [0.15, 0.2) is 0 Å². The van der Waals surface area contributed by atoms with Crippen LogP contribution in [-0.4, -0.2) is 44.5 Å². The summed E-state index contributed by atoms with van der Waals surface area (Å²) in [5.41, 5.74) is 0. The van der Waals surface area contributed by atoms with E-state index in [0.29, 0.717) is 19.7 Å². The van der Waals surface area contributed by atoms with Gasteiger partial charge in [0.1, 0.15) is 6.10 Å². The van der Waals surface area contributed by atoms with Gasteiger partial charge >= 0.3 is 0 Å². The van der Waals surface area contributed by atoms with Crippen molar-refractivity contribution in [3.05, 3.63) is 0 Å². The van der Waals surface area contributed by atoms with Crippen LogP contribution in [0.3, 0.4) is 0 Å². The number of nitrogens with one attached hydrogen (secondary N) is 2. The molecule has 2 fully saturated rings. The number of amides is 1.